The Balaban J connectivity index is 1.72. The SMILES string of the molecule is N[C@@H]1CCC[C@H]1CC(=O)NCCS(=O)(=O)Cc1ccccc1. The smallest absolute Gasteiger partial charge is 0.220 e. The molecule has 0 unspecified atom stereocenters. The van der Waals surface area contributed by atoms with Crippen molar-refractivity contribution in [3.63, 3.8) is 0 Å². The zero-order chi connectivity index (χ0) is 16.0. The number of benzene rings is 1. The molecule has 22 heavy (non-hydrogen) atoms. The van der Waals surface area contributed by atoms with E-state index < -0.39 is 9.84 Å². The van der Waals surface area contributed by atoms with Crippen LogP contribution in [-0.2, 0) is 20.4 Å². The lowest BCUT2D eigenvalue weighted by atomic mass is 10.00. The van der Waals surface area contributed by atoms with Crippen LogP contribution in [0.4, 0.5) is 0 Å². The minimum Gasteiger partial charge on any atom is -0.355 e. The normalized spacial score (nSPS) is 21.7. The van der Waals surface area contributed by atoms with E-state index >= 15 is 0 Å². The molecule has 5 nitrogen and oxygen atoms in total. The molecule has 1 saturated carbocycles. The van der Waals surface area contributed by atoms with Crippen LogP contribution in [0.2, 0.25) is 0 Å². The van der Waals surface area contributed by atoms with Crippen LogP contribution >= 0.6 is 0 Å². The van der Waals surface area contributed by atoms with Crippen molar-refractivity contribution in [3.05, 3.63) is 35.9 Å². The Hall–Kier alpha value is -1.40. The zero-order valence-electron chi connectivity index (χ0n) is 12.7. The molecule has 1 fully saturated rings. The van der Waals surface area contributed by atoms with E-state index in [2.05, 4.69) is 5.32 Å². The molecular weight excluding hydrogens is 300 g/mol. The maximum absolute atomic E-state index is 12.0. The van der Waals surface area contributed by atoms with E-state index in [4.69, 9.17) is 5.73 Å². The highest BCUT2D eigenvalue weighted by Gasteiger charge is 2.26. The number of hydrogen-bond donors (Lipinski definition) is 2. The van der Waals surface area contributed by atoms with Crippen LogP contribution in [0.25, 0.3) is 0 Å². The summed E-state index contributed by atoms with van der Waals surface area (Å²) in [5, 5.41) is 2.70. The molecule has 2 rings (SSSR count). The Bertz CT molecular complexity index is 587. The summed E-state index contributed by atoms with van der Waals surface area (Å²) in [6.07, 6.45) is 3.44. The predicted octanol–water partition coefficient (Wildman–Crippen LogP) is 1.24. The summed E-state index contributed by atoms with van der Waals surface area (Å²) in [6.45, 7) is 0.163. The summed E-state index contributed by atoms with van der Waals surface area (Å²) >= 11 is 0. The predicted molar refractivity (Wildman–Crippen MR) is 86.9 cm³/mol. The summed E-state index contributed by atoms with van der Waals surface area (Å²) < 4.78 is 24.0. The van der Waals surface area contributed by atoms with E-state index in [1.54, 1.807) is 12.1 Å². The molecule has 1 aliphatic rings. The lowest BCUT2D eigenvalue weighted by Gasteiger charge is -2.14. The molecule has 1 aliphatic carbocycles. The fourth-order valence-electron chi connectivity index (χ4n) is 2.88. The van der Waals surface area contributed by atoms with Gasteiger partial charge in [-0.25, -0.2) is 8.42 Å². The largest absolute Gasteiger partial charge is 0.355 e. The molecule has 0 bridgehead atoms. The number of sulfone groups is 1. The maximum Gasteiger partial charge on any atom is 0.220 e. The first-order valence-electron chi connectivity index (χ1n) is 7.73. The van der Waals surface area contributed by atoms with Gasteiger partial charge in [-0.2, -0.15) is 0 Å². The highest BCUT2D eigenvalue weighted by molar-refractivity contribution is 7.90. The lowest BCUT2D eigenvalue weighted by molar-refractivity contribution is -0.121. The highest BCUT2D eigenvalue weighted by Crippen LogP contribution is 2.26. The van der Waals surface area contributed by atoms with Gasteiger partial charge in [-0.1, -0.05) is 36.8 Å². The Morgan fingerprint density at radius 1 is 1.23 bits per heavy atom. The van der Waals surface area contributed by atoms with Gasteiger partial charge < -0.3 is 11.1 Å². The average Bonchev–Trinajstić information content (AvgIpc) is 2.84. The minimum atomic E-state index is -3.21. The van der Waals surface area contributed by atoms with Crippen molar-refractivity contribution in [1.82, 2.24) is 5.32 Å². The van der Waals surface area contributed by atoms with Crippen LogP contribution in [0, 0.1) is 5.92 Å². The molecule has 0 aliphatic heterocycles. The standard InChI is InChI=1S/C16H24N2O3S/c17-15-8-4-7-14(15)11-16(19)18-9-10-22(20,21)12-13-5-2-1-3-6-13/h1-3,5-6,14-15H,4,7-12,17H2,(H,18,19)/t14-,15+/m0/s1. The van der Waals surface area contributed by atoms with Crippen LogP contribution in [0.15, 0.2) is 30.3 Å². The number of carbonyl (C=O) groups excluding carboxylic acids is 1. The fourth-order valence-corrected chi connectivity index (χ4v) is 4.13. The lowest BCUT2D eigenvalue weighted by Crippen LogP contribution is -2.34. The topological polar surface area (TPSA) is 89.3 Å². The molecule has 6 heteroatoms. The van der Waals surface area contributed by atoms with E-state index in [0.29, 0.717) is 6.42 Å². The summed E-state index contributed by atoms with van der Waals surface area (Å²) in [7, 11) is -3.21. The number of nitrogens with two attached hydrogens (primary N) is 1. The van der Waals surface area contributed by atoms with Crippen LogP contribution in [0.5, 0.6) is 0 Å². The van der Waals surface area contributed by atoms with Crippen LogP contribution in [-0.4, -0.2) is 32.7 Å². The quantitative estimate of drug-likeness (QED) is 0.789. The van der Waals surface area contributed by atoms with Gasteiger partial charge in [-0.15, -0.1) is 0 Å². The van der Waals surface area contributed by atoms with Gasteiger partial charge in [0, 0.05) is 19.0 Å². The molecule has 2 atom stereocenters. The van der Waals surface area contributed by atoms with Crippen molar-refractivity contribution in [2.45, 2.75) is 37.5 Å². The van der Waals surface area contributed by atoms with Gasteiger partial charge in [0.15, 0.2) is 9.84 Å². The fraction of sp³-hybridized carbons (Fsp3) is 0.562. The molecule has 0 radical (unpaired) electrons. The number of carbonyl (C=O) groups is 1. The van der Waals surface area contributed by atoms with E-state index in [1.807, 2.05) is 18.2 Å². The number of nitrogens with one attached hydrogen (secondary N) is 1. The second-order valence-corrected chi connectivity index (χ2v) is 8.17. The summed E-state index contributed by atoms with van der Waals surface area (Å²) in [5.74, 6) is 0.111. The van der Waals surface area contributed by atoms with Gasteiger partial charge in [0.25, 0.3) is 0 Å². The van der Waals surface area contributed by atoms with Gasteiger partial charge in [-0.3, -0.25) is 4.79 Å². The minimum absolute atomic E-state index is 0.0111. The molecule has 0 spiro atoms. The Kier molecular flexibility index (Phi) is 5.97. The zero-order valence-corrected chi connectivity index (χ0v) is 13.5. The molecule has 0 aromatic heterocycles. The third kappa shape index (κ3) is 5.42. The van der Waals surface area contributed by atoms with Crippen LogP contribution in [0.3, 0.4) is 0 Å². The van der Waals surface area contributed by atoms with Crippen molar-refractivity contribution in [2.24, 2.45) is 11.7 Å². The molecule has 1 aromatic rings. The maximum atomic E-state index is 12.0. The third-order valence-electron chi connectivity index (χ3n) is 4.13. The third-order valence-corrected chi connectivity index (χ3v) is 5.73. The van der Waals surface area contributed by atoms with E-state index in [1.165, 1.54) is 0 Å². The van der Waals surface area contributed by atoms with Gasteiger partial charge in [-0.05, 0) is 24.3 Å². The Morgan fingerprint density at radius 2 is 1.95 bits per heavy atom. The summed E-state index contributed by atoms with van der Waals surface area (Å²) in [4.78, 5) is 11.8. The Morgan fingerprint density at radius 3 is 2.59 bits per heavy atom. The molecule has 0 saturated heterocycles. The first kappa shape index (κ1) is 17.0. The monoisotopic (exact) mass is 324 g/mol. The van der Waals surface area contributed by atoms with E-state index in [9.17, 15) is 13.2 Å². The number of hydrogen-bond acceptors (Lipinski definition) is 4. The number of rotatable bonds is 7. The first-order chi connectivity index (χ1) is 10.5. The molecule has 1 amide bonds. The highest BCUT2D eigenvalue weighted by atomic mass is 32.2. The van der Waals surface area contributed by atoms with Crippen molar-refractivity contribution in [2.75, 3.05) is 12.3 Å². The van der Waals surface area contributed by atoms with E-state index in [0.717, 1.165) is 24.8 Å². The first-order valence-corrected chi connectivity index (χ1v) is 9.55. The van der Waals surface area contributed by atoms with Crippen molar-refractivity contribution >= 4 is 15.7 Å². The molecule has 122 valence electrons. The molecule has 1 aromatic carbocycles. The Labute approximate surface area is 132 Å². The van der Waals surface area contributed by atoms with Crippen molar-refractivity contribution in [3.8, 4) is 0 Å². The van der Waals surface area contributed by atoms with E-state index in [-0.39, 0.29) is 35.9 Å². The van der Waals surface area contributed by atoms with Gasteiger partial charge in [0.2, 0.25) is 5.91 Å². The molecule has 0 heterocycles. The van der Waals surface area contributed by atoms with Crippen LogP contribution in [0.1, 0.15) is 31.2 Å². The second kappa shape index (κ2) is 7.74. The molecule has 3 N–H and O–H groups in total. The average molecular weight is 324 g/mol. The number of amides is 1. The van der Waals surface area contributed by atoms with Gasteiger partial charge >= 0.3 is 0 Å². The summed E-state index contributed by atoms with van der Waals surface area (Å²) in [6, 6.07) is 9.17. The van der Waals surface area contributed by atoms with Gasteiger partial charge in [0.1, 0.15) is 0 Å². The van der Waals surface area contributed by atoms with Gasteiger partial charge in [0.05, 0.1) is 11.5 Å². The van der Waals surface area contributed by atoms with Crippen molar-refractivity contribution < 1.29 is 13.2 Å². The summed E-state index contributed by atoms with van der Waals surface area (Å²) in [5.41, 5.74) is 6.70. The van der Waals surface area contributed by atoms with Crippen molar-refractivity contribution in [1.29, 1.82) is 0 Å². The second-order valence-electron chi connectivity index (χ2n) is 5.99. The molecular formula is C16H24N2O3S. The van der Waals surface area contributed by atoms with Crippen LogP contribution < -0.4 is 11.1 Å².